The summed E-state index contributed by atoms with van der Waals surface area (Å²) in [6.07, 6.45) is 10.9. The summed E-state index contributed by atoms with van der Waals surface area (Å²) < 4.78 is 0. The van der Waals surface area contributed by atoms with Gasteiger partial charge in [0.15, 0.2) is 0 Å². The molecule has 1 heterocycles. The molecule has 0 aliphatic carbocycles. The highest BCUT2D eigenvalue weighted by atomic mass is 15.2. The number of hydrogen-bond donors (Lipinski definition) is 1. The van der Waals surface area contributed by atoms with Crippen molar-refractivity contribution in [3.8, 4) is 0 Å². The lowest BCUT2D eigenvalue weighted by atomic mass is 10.0. The van der Waals surface area contributed by atoms with Gasteiger partial charge in [-0.3, -0.25) is 4.90 Å². The second-order valence-corrected chi connectivity index (χ2v) is 5.87. The zero-order valence-electron chi connectivity index (χ0n) is 12.9. The summed E-state index contributed by atoms with van der Waals surface area (Å²) in [4.78, 5) is 2.75. The van der Waals surface area contributed by atoms with Crippen molar-refractivity contribution >= 4 is 0 Å². The zero-order valence-corrected chi connectivity index (χ0v) is 12.9. The summed E-state index contributed by atoms with van der Waals surface area (Å²) in [6, 6.07) is 1.53. The smallest absolute Gasteiger partial charge is 0.0218 e. The standard InChI is InChI=1S/C16H34N2/c1-4-7-8-9-10-12-18-14-15(11-5-2)17-13-16(18)6-3/h15-17H,4-14H2,1-3H3. The first-order valence-electron chi connectivity index (χ1n) is 8.29. The minimum absolute atomic E-state index is 0.744. The first-order valence-corrected chi connectivity index (χ1v) is 8.29. The van der Waals surface area contributed by atoms with Crippen LogP contribution in [0.3, 0.4) is 0 Å². The number of nitrogens with zero attached hydrogens (tertiary/aromatic N) is 1. The van der Waals surface area contributed by atoms with Gasteiger partial charge in [-0.05, 0) is 25.8 Å². The number of piperazine rings is 1. The van der Waals surface area contributed by atoms with E-state index < -0.39 is 0 Å². The first-order chi connectivity index (χ1) is 8.81. The van der Waals surface area contributed by atoms with Crippen LogP contribution in [0.1, 0.15) is 72.1 Å². The highest BCUT2D eigenvalue weighted by Crippen LogP contribution is 2.14. The van der Waals surface area contributed by atoms with Crippen LogP contribution >= 0.6 is 0 Å². The molecule has 1 aliphatic rings. The number of hydrogen-bond acceptors (Lipinski definition) is 2. The summed E-state index contributed by atoms with van der Waals surface area (Å²) in [7, 11) is 0. The van der Waals surface area contributed by atoms with E-state index in [0.717, 1.165) is 12.1 Å². The monoisotopic (exact) mass is 254 g/mol. The highest BCUT2D eigenvalue weighted by Gasteiger charge is 2.25. The zero-order chi connectivity index (χ0) is 13.2. The molecule has 1 aliphatic heterocycles. The van der Waals surface area contributed by atoms with Crippen LogP contribution in [0.4, 0.5) is 0 Å². The predicted molar refractivity (Wildman–Crippen MR) is 81.1 cm³/mol. The molecule has 2 unspecified atom stereocenters. The van der Waals surface area contributed by atoms with E-state index in [0.29, 0.717) is 0 Å². The lowest BCUT2D eigenvalue weighted by Crippen LogP contribution is -2.56. The second-order valence-electron chi connectivity index (χ2n) is 5.87. The molecule has 0 bridgehead atoms. The molecule has 0 aromatic heterocycles. The van der Waals surface area contributed by atoms with Crippen LogP contribution in [0.25, 0.3) is 0 Å². The van der Waals surface area contributed by atoms with E-state index >= 15 is 0 Å². The van der Waals surface area contributed by atoms with Gasteiger partial charge in [0.1, 0.15) is 0 Å². The molecular formula is C16H34N2. The number of nitrogens with one attached hydrogen (secondary N) is 1. The second kappa shape index (κ2) is 9.80. The molecule has 18 heavy (non-hydrogen) atoms. The minimum atomic E-state index is 0.744. The van der Waals surface area contributed by atoms with Crippen LogP contribution in [-0.4, -0.2) is 36.6 Å². The maximum atomic E-state index is 3.72. The van der Waals surface area contributed by atoms with E-state index in [2.05, 4.69) is 31.0 Å². The van der Waals surface area contributed by atoms with Crippen LogP contribution in [0.15, 0.2) is 0 Å². The van der Waals surface area contributed by atoms with Crippen LogP contribution < -0.4 is 5.32 Å². The summed E-state index contributed by atoms with van der Waals surface area (Å²) in [5.41, 5.74) is 0. The Balaban J connectivity index is 2.24. The summed E-state index contributed by atoms with van der Waals surface area (Å²) in [5, 5.41) is 3.72. The number of unbranched alkanes of at least 4 members (excludes halogenated alkanes) is 4. The molecule has 0 saturated carbocycles. The van der Waals surface area contributed by atoms with Gasteiger partial charge in [-0.25, -0.2) is 0 Å². The van der Waals surface area contributed by atoms with Gasteiger partial charge < -0.3 is 5.32 Å². The van der Waals surface area contributed by atoms with Crippen molar-refractivity contribution in [1.29, 1.82) is 0 Å². The van der Waals surface area contributed by atoms with E-state index in [4.69, 9.17) is 0 Å². The van der Waals surface area contributed by atoms with E-state index in [1.54, 1.807) is 0 Å². The molecule has 0 spiro atoms. The Hall–Kier alpha value is -0.0800. The molecule has 2 atom stereocenters. The quantitative estimate of drug-likeness (QED) is 0.629. The Kier molecular flexibility index (Phi) is 8.70. The average Bonchev–Trinajstić information content (AvgIpc) is 2.39. The lowest BCUT2D eigenvalue weighted by Gasteiger charge is -2.40. The van der Waals surface area contributed by atoms with Gasteiger partial charge in [-0.2, -0.15) is 0 Å². The van der Waals surface area contributed by atoms with Gasteiger partial charge in [0, 0.05) is 25.2 Å². The van der Waals surface area contributed by atoms with Gasteiger partial charge in [0.2, 0.25) is 0 Å². The van der Waals surface area contributed by atoms with Gasteiger partial charge >= 0.3 is 0 Å². The van der Waals surface area contributed by atoms with E-state index in [9.17, 15) is 0 Å². The molecular weight excluding hydrogens is 220 g/mol. The summed E-state index contributed by atoms with van der Waals surface area (Å²) >= 11 is 0. The molecule has 1 saturated heterocycles. The molecule has 2 nitrogen and oxygen atoms in total. The topological polar surface area (TPSA) is 15.3 Å². The Morgan fingerprint density at radius 2 is 1.78 bits per heavy atom. The normalized spacial score (nSPS) is 25.5. The Morgan fingerprint density at radius 1 is 1.00 bits per heavy atom. The van der Waals surface area contributed by atoms with Crippen molar-refractivity contribution in [2.24, 2.45) is 0 Å². The fraction of sp³-hybridized carbons (Fsp3) is 1.00. The van der Waals surface area contributed by atoms with Gasteiger partial charge in [-0.1, -0.05) is 52.9 Å². The van der Waals surface area contributed by atoms with E-state index in [1.165, 1.54) is 71.0 Å². The van der Waals surface area contributed by atoms with Crippen LogP contribution in [0.2, 0.25) is 0 Å². The fourth-order valence-electron chi connectivity index (χ4n) is 3.07. The van der Waals surface area contributed by atoms with Crippen molar-refractivity contribution in [3.63, 3.8) is 0 Å². The van der Waals surface area contributed by atoms with E-state index in [1.807, 2.05) is 0 Å². The van der Waals surface area contributed by atoms with Crippen molar-refractivity contribution in [2.75, 3.05) is 19.6 Å². The van der Waals surface area contributed by atoms with Crippen molar-refractivity contribution in [3.05, 3.63) is 0 Å². The van der Waals surface area contributed by atoms with Crippen molar-refractivity contribution in [2.45, 2.75) is 84.2 Å². The number of rotatable bonds is 9. The third-order valence-corrected chi connectivity index (χ3v) is 4.27. The molecule has 1 fully saturated rings. The molecule has 2 heteroatoms. The van der Waals surface area contributed by atoms with Gasteiger partial charge in [0.25, 0.3) is 0 Å². The van der Waals surface area contributed by atoms with E-state index in [-0.39, 0.29) is 0 Å². The Morgan fingerprint density at radius 3 is 2.44 bits per heavy atom. The molecule has 0 aromatic rings. The largest absolute Gasteiger partial charge is 0.311 e. The SMILES string of the molecule is CCCCCCCN1CC(CCC)NCC1CC. The van der Waals surface area contributed by atoms with Gasteiger partial charge in [-0.15, -0.1) is 0 Å². The summed E-state index contributed by atoms with van der Waals surface area (Å²) in [6.45, 7) is 10.7. The minimum Gasteiger partial charge on any atom is -0.311 e. The maximum Gasteiger partial charge on any atom is 0.0218 e. The third-order valence-electron chi connectivity index (χ3n) is 4.27. The van der Waals surface area contributed by atoms with Gasteiger partial charge in [0.05, 0.1) is 0 Å². The Bertz CT molecular complexity index is 194. The van der Waals surface area contributed by atoms with Crippen LogP contribution in [0, 0.1) is 0 Å². The predicted octanol–water partition coefficient (Wildman–Crippen LogP) is 3.81. The van der Waals surface area contributed by atoms with Crippen LogP contribution in [0.5, 0.6) is 0 Å². The molecule has 0 radical (unpaired) electrons. The molecule has 1 rings (SSSR count). The Labute approximate surface area is 115 Å². The average molecular weight is 254 g/mol. The molecule has 108 valence electrons. The highest BCUT2D eigenvalue weighted by molar-refractivity contribution is 4.85. The van der Waals surface area contributed by atoms with Crippen molar-refractivity contribution < 1.29 is 0 Å². The molecule has 0 amide bonds. The van der Waals surface area contributed by atoms with Crippen molar-refractivity contribution in [1.82, 2.24) is 10.2 Å². The summed E-state index contributed by atoms with van der Waals surface area (Å²) in [5.74, 6) is 0. The fourth-order valence-corrected chi connectivity index (χ4v) is 3.07. The molecule has 0 aromatic carbocycles. The van der Waals surface area contributed by atoms with Crippen LogP contribution in [-0.2, 0) is 0 Å². The lowest BCUT2D eigenvalue weighted by molar-refractivity contribution is 0.120. The molecule has 1 N–H and O–H groups in total. The maximum absolute atomic E-state index is 3.72. The third kappa shape index (κ3) is 5.71. The first kappa shape index (κ1) is 16.0.